The van der Waals surface area contributed by atoms with Crippen molar-refractivity contribution in [3.05, 3.63) is 96.4 Å². The predicted molar refractivity (Wildman–Crippen MR) is 139 cm³/mol. The summed E-state index contributed by atoms with van der Waals surface area (Å²) in [6.45, 7) is 4.41. The minimum absolute atomic E-state index is 0.0348. The first-order chi connectivity index (χ1) is 17.7. The number of carbonyl (C=O) groups excluding carboxylic acids is 1. The van der Waals surface area contributed by atoms with Gasteiger partial charge < -0.3 is 9.64 Å². The van der Waals surface area contributed by atoms with Crippen LogP contribution < -0.4 is 0 Å². The summed E-state index contributed by atoms with van der Waals surface area (Å²) in [5.41, 5.74) is 7.86. The van der Waals surface area contributed by atoms with E-state index in [1.165, 1.54) is 0 Å². The molecule has 5 aromatic rings. The highest BCUT2D eigenvalue weighted by Gasteiger charge is 2.20. The molecule has 0 radical (unpaired) electrons. The molecule has 5 heterocycles. The number of aryl methyl sites for hydroxylation is 1. The number of nitrogens with zero attached hydrogens (tertiary/aromatic N) is 5. The third-order valence-corrected chi connectivity index (χ3v) is 6.42. The summed E-state index contributed by atoms with van der Waals surface area (Å²) >= 11 is 0. The van der Waals surface area contributed by atoms with Crippen molar-refractivity contribution in [1.29, 1.82) is 0 Å². The Morgan fingerprint density at radius 2 is 1.69 bits per heavy atom. The lowest BCUT2D eigenvalue weighted by Crippen LogP contribution is -2.40. The van der Waals surface area contributed by atoms with Gasteiger partial charge in [0, 0.05) is 47.9 Å². The number of imidazole rings is 1. The fourth-order valence-corrected chi connectivity index (χ4v) is 4.59. The molecule has 0 N–H and O–H groups in total. The molecule has 36 heavy (non-hydrogen) atoms. The van der Waals surface area contributed by atoms with Crippen molar-refractivity contribution >= 4 is 11.6 Å². The molecule has 1 amide bonds. The molecule has 0 atom stereocenters. The number of amides is 1. The van der Waals surface area contributed by atoms with Crippen LogP contribution in [0.5, 0.6) is 0 Å². The molecule has 1 fully saturated rings. The highest BCUT2D eigenvalue weighted by atomic mass is 16.5. The van der Waals surface area contributed by atoms with Gasteiger partial charge in [-0.2, -0.15) is 0 Å². The summed E-state index contributed by atoms with van der Waals surface area (Å²) in [7, 11) is 0. The number of pyridine rings is 3. The van der Waals surface area contributed by atoms with Gasteiger partial charge in [-0.05, 0) is 55.5 Å². The number of hydrogen-bond acceptors (Lipinski definition) is 5. The molecule has 1 saturated heterocycles. The summed E-state index contributed by atoms with van der Waals surface area (Å²) in [5.74, 6) is 0.0348. The third-order valence-electron chi connectivity index (χ3n) is 6.42. The first-order valence-corrected chi connectivity index (χ1v) is 12.0. The number of aromatic nitrogens is 4. The molecule has 0 aliphatic carbocycles. The number of hydrogen-bond donors (Lipinski definition) is 0. The van der Waals surface area contributed by atoms with E-state index in [-0.39, 0.29) is 5.91 Å². The highest BCUT2D eigenvalue weighted by Crippen LogP contribution is 2.33. The van der Waals surface area contributed by atoms with Crippen LogP contribution in [0.4, 0.5) is 0 Å². The zero-order valence-electron chi connectivity index (χ0n) is 20.0. The molecule has 7 nitrogen and oxygen atoms in total. The van der Waals surface area contributed by atoms with Crippen molar-refractivity contribution in [3.8, 4) is 33.9 Å². The van der Waals surface area contributed by atoms with Crippen molar-refractivity contribution in [2.75, 3.05) is 26.3 Å². The quantitative estimate of drug-likeness (QED) is 0.369. The molecule has 0 spiro atoms. The van der Waals surface area contributed by atoms with E-state index >= 15 is 0 Å². The SMILES string of the molecule is Cc1cccc(-c2nc3ccccn3c2-c2ccnc(-c3ccc(C(=O)N4CCOCC4)cc3)c2)n1. The Hall–Kier alpha value is -4.36. The van der Waals surface area contributed by atoms with Crippen LogP contribution in [0.1, 0.15) is 16.1 Å². The van der Waals surface area contributed by atoms with Crippen LogP contribution in [0.15, 0.2) is 85.2 Å². The van der Waals surface area contributed by atoms with Crippen molar-refractivity contribution in [2.45, 2.75) is 6.92 Å². The second-order valence-corrected chi connectivity index (χ2v) is 8.81. The smallest absolute Gasteiger partial charge is 0.254 e. The normalized spacial score (nSPS) is 13.8. The van der Waals surface area contributed by atoms with Crippen molar-refractivity contribution in [3.63, 3.8) is 0 Å². The van der Waals surface area contributed by atoms with Gasteiger partial charge in [-0.15, -0.1) is 0 Å². The van der Waals surface area contributed by atoms with Crippen LogP contribution in [0.25, 0.3) is 39.5 Å². The van der Waals surface area contributed by atoms with Gasteiger partial charge in [0.25, 0.3) is 5.91 Å². The molecule has 0 saturated carbocycles. The molecular formula is C29H25N5O2. The Balaban J connectivity index is 1.38. The molecule has 1 aromatic carbocycles. The van der Waals surface area contributed by atoms with E-state index in [4.69, 9.17) is 14.7 Å². The van der Waals surface area contributed by atoms with Gasteiger partial charge in [0.05, 0.1) is 30.3 Å². The van der Waals surface area contributed by atoms with E-state index in [1.54, 1.807) is 0 Å². The molecule has 1 aliphatic heterocycles. The summed E-state index contributed by atoms with van der Waals surface area (Å²) in [4.78, 5) is 28.9. The van der Waals surface area contributed by atoms with E-state index in [2.05, 4.69) is 15.5 Å². The van der Waals surface area contributed by atoms with Gasteiger partial charge in [-0.1, -0.05) is 24.3 Å². The van der Waals surface area contributed by atoms with Crippen LogP contribution in [0.3, 0.4) is 0 Å². The van der Waals surface area contributed by atoms with Crippen LogP contribution in [0, 0.1) is 6.92 Å². The van der Waals surface area contributed by atoms with Gasteiger partial charge in [0.15, 0.2) is 0 Å². The van der Waals surface area contributed by atoms with E-state index in [0.29, 0.717) is 31.9 Å². The lowest BCUT2D eigenvalue weighted by Gasteiger charge is -2.26. The fourth-order valence-electron chi connectivity index (χ4n) is 4.59. The second-order valence-electron chi connectivity index (χ2n) is 8.81. The molecule has 0 unspecified atom stereocenters. The van der Waals surface area contributed by atoms with E-state index in [9.17, 15) is 4.79 Å². The first-order valence-electron chi connectivity index (χ1n) is 12.0. The van der Waals surface area contributed by atoms with Crippen molar-refractivity contribution in [1.82, 2.24) is 24.3 Å². The van der Waals surface area contributed by atoms with Crippen LogP contribution in [0.2, 0.25) is 0 Å². The minimum Gasteiger partial charge on any atom is -0.378 e. The predicted octanol–water partition coefficient (Wildman–Crippen LogP) is 4.91. The highest BCUT2D eigenvalue weighted by molar-refractivity contribution is 5.94. The summed E-state index contributed by atoms with van der Waals surface area (Å²) in [6.07, 6.45) is 3.83. The average molecular weight is 476 g/mol. The van der Waals surface area contributed by atoms with Gasteiger partial charge in [-0.3, -0.25) is 19.2 Å². The van der Waals surface area contributed by atoms with E-state index in [0.717, 1.165) is 45.2 Å². The van der Waals surface area contributed by atoms with Gasteiger partial charge in [-0.25, -0.2) is 4.98 Å². The number of carbonyl (C=O) groups is 1. The molecule has 0 bridgehead atoms. The Labute approximate surface area is 209 Å². The fraction of sp³-hybridized carbons (Fsp3) is 0.172. The summed E-state index contributed by atoms with van der Waals surface area (Å²) < 4.78 is 7.45. The van der Waals surface area contributed by atoms with Gasteiger partial charge >= 0.3 is 0 Å². The molecule has 7 heteroatoms. The van der Waals surface area contributed by atoms with E-state index in [1.807, 2.05) is 90.9 Å². The first kappa shape index (κ1) is 22.1. The van der Waals surface area contributed by atoms with Crippen molar-refractivity contribution in [2.24, 2.45) is 0 Å². The Bertz CT molecular complexity index is 1550. The number of morpholine rings is 1. The summed E-state index contributed by atoms with van der Waals surface area (Å²) in [6, 6.07) is 23.7. The molecular weight excluding hydrogens is 450 g/mol. The monoisotopic (exact) mass is 475 g/mol. The average Bonchev–Trinajstić information content (AvgIpc) is 3.33. The molecule has 4 aromatic heterocycles. The molecule has 178 valence electrons. The number of benzene rings is 1. The van der Waals surface area contributed by atoms with E-state index < -0.39 is 0 Å². The summed E-state index contributed by atoms with van der Waals surface area (Å²) in [5, 5.41) is 0. The second kappa shape index (κ2) is 9.36. The maximum Gasteiger partial charge on any atom is 0.254 e. The number of rotatable bonds is 4. The van der Waals surface area contributed by atoms with Gasteiger partial charge in [0.1, 0.15) is 11.3 Å². The van der Waals surface area contributed by atoms with Crippen molar-refractivity contribution < 1.29 is 9.53 Å². The third kappa shape index (κ3) is 4.14. The van der Waals surface area contributed by atoms with Crippen LogP contribution in [-0.4, -0.2) is 56.5 Å². The zero-order valence-corrected chi connectivity index (χ0v) is 20.0. The Morgan fingerprint density at radius 1 is 0.861 bits per heavy atom. The number of fused-ring (bicyclic) bond motifs is 1. The largest absolute Gasteiger partial charge is 0.378 e. The minimum atomic E-state index is 0.0348. The maximum atomic E-state index is 12.8. The van der Waals surface area contributed by atoms with Crippen LogP contribution >= 0.6 is 0 Å². The standard InChI is InChI=1S/C29H25N5O2/c1-20-5-4-6-24(31-20)27-28(34-14-3-2-7-26(34)32-27)23-12-13-30-25(19-23)21-8-10-22(11-9-21)29(35)33-15-17-36-18-16-33/h2-14,19H,15-18H2,1H3. The Morgan fingerprint density at radius 3 is 2.50 bits per heavy atom. The molecule has 6 rings (SSSR count). The zero-order chi connectivity index (χ0) is 24.5. The van der Waals surface area contributed by atoms with Gasteiger partial charge in [0.2, 0.25) is 0 Å². The Kier molecular flexibility index (Phi) is 5.75. The number of ether oxygens (including phenoxy) is 1. The molecule has 1 aliphatic rings. The maximum absolute atomic E-state index is 12.8. The van der Waals surface area contributed by atoms with Crippen LogP contribution in [-0.2, 0) is 4.74 Å². The lowest BCUT2D eigenvalue weighted by molar-refractivity contribution is 0.0303. The lowest BCUT2D eigenvalue weighted by atomic mass is 10.0. The topological polar surface area (TPSA) is 72.6 Å².